The Morgan fingerprint density at radius 2 is 2.27 bits per heavy atom. The first-order valence-electron chi connectivity index (χ1n) is 7.05. The van der Waals surface area contributed by atoms with E-state index in [0.29, 0.717) is 19.4 Å². The summed E-state index contributed by atoms with van der Waals surface area (Å²) in [6.07, 6.45) is -2.53. The highest BCUT2D eigenvalue weighted by molar-refractivity contribution is 4.96. The summed E-state index contributed by atoms with van der Waals surface area (Å²) in [4.78, 5) is 25.1. The van der Waals surface area contributed by atoms with E-state index in [1.807, 2.05) is 0 Å². The number of aromatic nitrogens is 2. The fourth-order valence-electron chi connectivity index (χ4n) is 2.59. The lowest BCUT2D eigenvalue weighted by atomic mass is 10.0. The molecular formula is C13H21N3O6. The predicted octanol–water partition coefficient (Wildman–Crippen LogP) is -2.09. The van der Waals surface area contributed by atoms with Crippen LogP contribution in [0.5, 0.6) is 0 Å². The van der Waals surface area contributed by atoms with Crippen molar-refractivity contribution in [3.05, 3.63) is 33.1 Å². The Bertz CT molecular complexity index is 600. The highest BCUT2D eigenvalue weighted by Gasteiger charge is 2.48. The number of aromatic amines is 1. The van der Waals surface area contributed by atoms with Gasteiger partial charge in [-0.05, 0) is 19.4 Å². The van der Waals surface area contributed by atoms with Gasteiger partial charge in [0.1, 0.15) is 18.3 Å². The van der Waals surface area contributed by atoms with E-state index in [0.717, 1.165) is 4.57 Å². The maximum absolute atomic E-state index is 11.9. The molecule has 9 heteroatoms. The van der Waals surface area contributed by atoms with Crippen LogP contribution in [0, 0.1) is 0 Å². The Morgan fingerprint density at radius 1 is 1.55 bits per heavy atom. The van der Waals surface area contributed by atoms with E-state index in [2.05, 4.69) is 4.98 Å². The van der Waals surface area contributed by atoms with Crippen LogP contribution in [-0.2, 0) is 9.47 Å². The van der Waals surface area contributed by atoms with Crippen LogP contribution in [0.3, 0.4) is 0 Å². The number of hydrogen-bond acceptors (Lipinski definition) is 7. The van der Waals surface area contributed by atoms with Crippen molar-refractivity contribution >= 4 is 0 Å². The molecule has 0 spiro atoms. The number of ether oxygens (including phenoxy) is 2. The van der Waals surface area contributed by atoms with E-state index in [4.69, 9.17) is 15.2 Å². The van der Waals surface area contributed by atoms with Crippen molar-refractivity contribution in [1.29, 1.82) is 0 Å². The highest BCUT2D eigenvalue weighted by atomic mass is 16.6. The molecule has 1 aliphatic rings. The third kappa shape index (κ3) is 3.28. The van der Waals surface area contributed by atoms with Gasteiger partial charge in [-0.3, -0.25) is 14.3 Å². The molecular weight excluding hydrogens is 294 g/mol. The van der Waals surface area contributed by atoms with Gasteiger partial charge in [0.05, 0.1) is 6.10 Å². The van der Waals surface area contributed by atoms with Crippen LogP contribution >= 0.6 is 0 Å². The van der Waals surface area contributed by atoms with Crippen molar-refractivity contribution in [3.63, 3.8) is 0 Å². The van der Waals surface area contributed by atoms with Gasteiger partial charge < -0.3 is 25.4 Å². The maximum Gasteiger partial charge on any atom is 0.330 e. The van der Waals surface area contributed by atoms with Crippen LogP contribution in [0.15, 0.2) is 21.9 Å². The minimum atomic E-state index is -1.11. The molecule has 0 amide bonds. The van der Waals surface area contributed by atoms with Crippen molar-refractivity contribution in [2.75, 3.05) is 13.7 Å². The summed E-state index contributed by atoms with van der Waals surface area (Å²) in [5, 5.41) is 20.4. The standard InChI is InChI=1S/C13H21N3O6/c1-21-11-9(19)10(7(17)3-2-5-14)22-12(11)16-6-4-8(18)15-13(16)20/h4,6-7,9-12,17,19H,2-3,5,14H2,1H3,(H,15,18,20)/t7-,9-,10+,11-,12+/m0/s1. The second-order valence-electron chi connectivity index (χ2n) is 5.20. The van der Waals surface area contributed by atoms with Gasteiger partial charge in [0.2, 0.25) is 0 Å². The molecule has 0 unspecified atom stereocenters. The molecule has 0 saturated carbocycles. The van der Waals surface area contributed by atoms with Crippen molar-refractivity contribution in [3.8, 4) is 0 Å². The Morgan fingerprint density at radius 3 is 2.86 bits per heavy atom. The second kappa shape index (κ2) is 7.16. The number of methoxy groups -OCH3 is 1. The van der Waals surface area contributed by atoms with Gasteiger partial charge in [-0.2, -0.15) is 0 Å². The number of H-pyrrole nitrogens is 1. The number of aliphatic hydroxyl groups excluding tert-OH is 2. The molecule has 5 atom stereocenters. The summed E-state index contributed by atoms with van der Waals surface area (Å²) in [5.41, 5.74) is 4.19. The summed E-state index contributed by atoms with van der Waals surface area (Å²) < 4.78 is 11.9. The largest absolute Gasteiger partial charge is 0.390 e. The molecule has 2 heterocycles. The average Bonchev–Trinajstić information content (AvgIpc) is 2.81. The second-order valence-corrected chi connectivity index (χ2v) is 5.20. The van der Waals surface area contributed by atoms with Gasteiger partial charge in [0, 0.05) is 19.4 Å². The van der Waals surface area contributed by atoms with E-state index in [1.54, 1.807) is 0 Å². The molecule has 0 bridgehead atoms. The number of nitrogens with one attached hydrogen (secondary N) is 1. The molecule has 5 N–H and O–H groups in total. The molecule has 124 valence electrons. The lowest BCUT2D eigenvalue weighted by Gasteiger charge is -2.21. The van der Waals surface area contributed by atoms with E-state index < -0.39 is 41.9 Å². The minimum absolute atomic E-state index is 0.363. The van der Waals surface area contributed by atoms with Crippen molar-refractivity contribution in [1.82, 2.24) is 9.55 Å². The van der Waals surface area contributed by atoms with Gasteiger partial charge >= 0.3 is 5.69 Å². The third-order valence-corrected chi connectivity index (χ3v) is 3.73. The van der Waals surface area contributed by atoms with Crippen LogP contribution in [0.25, 0.3) is 0 Å². The van der Waals surface area contributed by atoms with E-state index >= 15 is 0 Å². The van der Waals surface area contributed by atoms with Gasteiger partial charge in [-0.1, -0.05) is 0 Å². The highest BCUT2D eigenvalue weighted by Crippen LogP contribution is 2.32. The molecule has 0 aromatic carbocycles. The molecule has 1 fully saturated rings. The van der Waals surface area contributed by atoms with Crippen LogP contribution in [0.4, 0.5) is 0 Å². The molecule has 0 radical (unpaired) electrons. The number of nitrogens with two attached hydrogens (primary N) is 1. The fourth-order valence-corrected chi connectivity index (χ4v) is 2.59. The Balaban J connectivity index is 2.25. The first-order valence-corrected chi connectivity index (χ1v) is 7.05. The van der Waals surface area contributed by atoms with Gasteiger partial charge in [-0.15, -0.1) is 0 Å². The van der Waals surface area contributed by atoms with Crippen LogP contribution in [0.1, 0.15) is 19.1 Å². The van der Waals surface area contributed by atoms with Crippen LogP contribution in [0.2, 0.25) is 0 Å². The van der Waals surface area contributed by atoms with Crippen molar-refractivity contribution in [2.45, 2.75) is 43.5 Å². The topological polar surface area (TPSA) is 140 Å². The lowest BCUT2D eigenvalue weighted by molar-refractivity contribution is -0.0894. The quantitative estimate of drug-likeness (QED) is 0.472. The minimum Gasteiger partial charge on any atom is -0.390 e. The third-order valence-electron chi connectivity index (χ3n) is 3.73. The normalized spacial score (nSPS) is 29.6. The molecule has 1 aromatic rings. The summed E-state index contributed by atoms with van der Waals surface area (Å²) in [7, 11) is 1.37. The SMILES string of the molecule is CO[C@H]1[C@@H](O)[C@@H]([C@@H](O)CCCN)O[C@H]1n1ccc(=O)[nH]c1=O. The van der Waals surface area contributed by atoms with Crippen molar-refractivity contribution < 1.29 is 19.7 Å². The summed E-state index contributed by atoms with van der Waals surface area (Å²) >= 11 is 0. The molecule has 9 nitrogen and oxygen atoms in total. The van der Waals surface area contributed by atoms with Crippen molar-refractivity contribution in [2.24, 2.45) is 5.73 Å². The summed E-state index contributed by atoms with van der Waals surface area (Å²) in [6.45, 7) is 0.413. The van der Waals surface area contributed by atoms with Gasteiger partial charge in [0.25, 0.3) is 5.56 Å². The molecule has 0 aliphatic carbocycles. The predicted molar refractivity (Wildman–Crippen MR) is 76.3 cm³/mol. The molecule has 1 saturated heterocycles. The average molecular weight is 315 g/mol. The van der Waals surface area contributed by atoms with E-state index in [1.165, 1.54) is 19.4 Å². The van der Waals surface area contributed by atoms with Gasteiger partial charge in [-0.25, -0.2) is 4.79 Å². The maximum atomic E-state index is 11.9. The zero-order chi connectivity index (χ0) is 16.3. The Kier molecular flexibility index (Phi) is 5.48. The summed E-state index contributed by atoms with van der Waals surface area (Å²) in [5.74, 6) is 0. The first-order chi connectivity index (χ1) is 10.5. The van der Waals surface area contributed by atoms with Crippen LogP contribution in [-0.4, -0.2) is 57.8 Å². The Hall–Kier alpha value is -1.52. The van der Waals surface area contributed by atoms with Crippen LogP contribution < -0.4 is 17.0 Å². The van der Waals surface area contributed by atoms with Gasteiger partial charge in [0.15, 0.2) is 6.23 Å². The molecule has 1 aliphatic heterocycles. The molecule has 2 rings (SSSR count). The number of nitrogens with zero attached hydrogens (tertiary/aromatic N) is 1. The van der Waals surface area contributed by atoms with E-state index in [-0.39, 0.29) is 0 Å². The lowest BCUT2D eigenvalue weighted by Crippen LogP contribution is -2.40. The summed E-state index contributed by atoms with van der Waals surface area (Å²) in [6, 6.07) is 1.17. The Labute approximate surface area is 126 Å². The number of rotatable bonds is 6. The number of aliphatic hydroxyl groups is 2. The van der Waals surface area contributed by atoms with E-state index in [9.17, 15) is 19.8 Å². The fraction of sp³-hybridized carbons (Fsp3) is 0.692. The number of hydrogen-bond donors (Lipinski definition) is 4. The zero-order valence-electron chi connectivity index (χ0n) is 12.2. The smallest absolute Gasteiger partial charge is 0.330 e. The first kappa shape index (κ1) is 16.8. The monoisotopic (exact) mass is 315 g/mol. The molecule has 22 heavy (non-hydrogen) atoms. The zero-order valence-corrected chi connectivity index (χ0v) is 12.2. The molecule has 1 aromatic heterocycles.